The van der Waals surface area contributed by atoms with Crippen LogP contribution in [-0.4, -0.2) is 179 Å². The van der Waals surface area contributed by atoms with Gasteiger partial charge in [-0.25, -0.2) is 4.79 Å². The van der Waals surface area contributed by atoms with Crippen molar-refractivity contribution in [2.75, 3.05) is 53.7 Å². The number of nitrogens with one attached hydrogen (secondary N) is 6. The Morgan fingerprint density at radius 3 is 1.62 bits per heavy atom. The maximum Gasteiger partial charge on any atom is 0.333 e. The van der Waals surface area contributed by atoms with Gasteiger partial charge in [0, 0.05) is 80.8 Å². The third kappa shape index (κ3) is 26.5. The second-order valence-corrected chi connectivity index (χ2v) is 32.0. The Kier molecular flexibility index (Phi) is 29.5. The van der Waals surface area contributed by atoms with Gasteiger partial charge < -0.3 is 41.6 Å². The summed E-state index contributed by atoms with van der Waals surface area (Å²) in [5, 5.41) is 14.8. The number of allylic oxidation sites excluding steroid dienone is 6. The largest absolute Gasteiger partial charge is 0.385 e. The van der Waals surface area contributed by atoms with Crippen LogP contribution in [0.2, 0.25) is 0 Å². The van der Waals surface area contributed by atoms with Crippen LogP contribution in [0.5, 0.6) is 0 Å². The van der Waals surface area contributed by atoms with Crippen LogP contribution >= 0.6 is 0 Å². The van der Waals surface area contributed by atoms with Gasteiger partial charge in [0.15, 0.2) is 0 Å². The smallest absolute Gasteiger partial charge is 0.333 e. The van der Waals surface area contributed by atoms with Crippen LogP contribution in [0.1, 0.15) is 154 Å². The molecule has 0 aromatic heterocycles. The van der Waals surface area contributed by atoms with E-state index in [1.165, 1.54) is 30.3 Å². The molecular weight excluding hydrogens is 1380 g/mol. The minimum absolute atomic E-state index is 0.0211. The maximum absolute atomic E-state index is 13.7. The van der Waals surface area contributed by atoms with E-state index in [2.05, 4.69) is 21.3 Å². The number of rotatable bonds is 15. The van der Waals surface area contributed by atoms with E-state index in [0.717, 1.165) is 0 Å². The number of benzene rings is 2. The van der Waals surface area contributed by atoms with E-state index in [1.807, 2.05) is 42.4 Å². The average molecular weight is 1460 g/mol. The van der Waals surface area contributed by atoms with E-state index in [9.17, 15) is 103 Å². The molecule has 0 radical (unpaired) electrons. The average Bonchev–Trinajstić information content (AvgIpc) is 1.58. The lowest BCUT2D eigenvalue weighted by molar-refractivity contribution is -0.197. The number of unbranched alkanes of at least 4 members (excludes halogenated alkanes) is 2. The molecule has 0 bridgehead atoms. The SMILES string of the molecule is CC1(C)C/C=C/C=C/C=C2\N(CCCCCC(=O)ON3C(=O)CCC3=O)c3ccc(S(=O)(=O)O)cc3C2(C)CCCCCC(=O)NC(CS(=O)(=O)O)C(=O)NC(CS(=O)(=O)O)C(=O)NC(CS(=O)(=O)O)C(=O)NCCCCCNC(=O)CCCCCNc2ccc(S(=O)(=O)O)cc21. The van der Waals surface area contributed by atoms with Crippen LogP contribution in [-0.2, 0) is 105 Å². The Hall–Kier alpha value is -7.23. The third-order valence-corrected chi connectivity index (χ3v) is 20.2. The van der Waals surface area contributed by atoms with Crippen LogP contribution in [0, 0.1) is 0 Å². The van der Waals surface area contributed by atoms with Gasteiger partial charge in [-0.3, -0.25) is 56.3 Å². The Balaban J connectivity index is 1.47. The molecule has 32 nitrogen and oxygen atoms in total. The summed E-state index contributed by atoms with van der Waals surface area (Å²) in [6.07, 6.45) is 13.3. The number of hydrogen-bond donors (Lipinski definition) is 11. The highest BCUT2D eigenvalue weighted by Gasteiger charge is 2.44. The summed E-state index contributed by atoms with van der Waals surface area (Å²) in [6.45, 7) is 6.41. The minimum atomic E-state index is -5.25. The van der Waals surface area contributed by atoms with Crippen molar-refractivity contribution in [3.8, 4) is 0 Å². The van der Waals surface area contributed by atoms with Gasteiger partial charge in [-0.1, -0.05) is 63.8 Å². The van der Waals surface area contributed by atoms with Gasteiger partial charge in [-0.15, -0.1) is 5.06 Å². The monoisotopic (exact) mass is 1460 g/mol. The molecule has 3 heterocycles. The first kappa shape index (κ1) is 80.5. The van der Waals surface area contributed by atoms with Crippen molar-refractivity contribution in [1.29, 1.82) is 0 Å². The van der Waals surface area contributed by atoms with E-state index in [4.69, 9.17) is 4.84 Å². The molecule has 1 fully saturated rings. The molecule has 4 atom stereocenters. The number of hydrogen-bond acceptors (Lipinski definition) is 21. The van der Waals surface area contributed by atoms with Crippen molar-refractivity contribution in [2.24, 2.45) is 0 Å². The third-order valence-electron chi connectivity index (χ3n) is 16.2. The first-order valence-corrected chi connectivity index (χ1v) is 39.0. The fourth-order valence-electron chi connectivity index (χ4n) is 11.2. The summed E-state index contributed by atoms with van der Waals surface area (Å²) >= 11 is 0. The highest BCUT2D eigenvalue weighted by molar-refractivity contribution is 7.86. The number of anilines is 2. The van der Waals surface area contributed by atoms with E-state index in [-0.39, 0.29) is 94.6 Å². The number of fused-ring (bicyclic) bond motifs is 4. The first-order valence-electron chi connectivity index (χ1n) is 31.3. The molecule has 2 aromatic rings. The predicted octanol–water partition coefficient (Wildman–Crippen LogP) is 3.25. The van der Waals surface area contributed by atoms with Gasteiger partial charge in [-0.05, 0) is 130 Å². The van der Waals surface area contributed by atoms with E-state index < -0.39 is 150 Å². The predicted molar refractivity (Wildman–Crippen MR) is 352 cm³/mol. The summed E-state index contributed by atoms with van der Waals surface area (Å²) < 4.78 is 172. The lowest BCUT2D eigenvalue weighted by Gasteiger charge is -2.30. The Labute approximate surface area is 564 Å². The first-order chi connectivity index (χ1) is 45.2. The fourth-order valence-corrected chi connectivity index (χ4v) is 14.2. The molecule has 5 rings (SSSR count). The maximum atomic E-state index is 13.7. The Bertz CT molecular complexity index is 3900. The van der Waals surface area contributed by atoms with Crippen molar-refractivity contribution in [3.05, 3.63) is 83.6 Å². The summed E-state index contributed by atoms with van der Waals surface area (Å²) in [5.74, 6) is -12.5. The zero-order valence-electron chi connectivity index (χ0n) is 53.9. The highest BCUT2D eigenvalue weighted by Crippen LogP contribution is 2.51. The minimum Gasteiger partial charge on any atom is -0.385 e. The number of carbonyl (C=O) groups excluding carboxylic acids is 8. The van der Waals surface area contributed by atoms with Crippen molar-refractivity contribution in [1.82, 2.24) is 31.6 Å². The molecule has 4 unspecified atom stereocenters. The summed E-state index contributed by atoms with van der Waals surface area (Å²) in [6, 6.07) is 1.45. The van der Waals surface area contributed by atoms with Gasteiger partial charge in [-0.2, -0.15) is 42.1 Å². The number of hydroxylamine groups is 2. The Morgan fingerprint density at radius 1 is 0.536 bits per heavy atom. The molecule has 0 spiro atoms. The molecular formula is C60H86N8O24S5. The van der Waals surface area contributed by atoms with Crippen molar-refractivity contribution >= 4 is 109 Å². The van der Waals surface area contributed by atoms with E-state index in [1.54, 1.807) is 30.4 Å². The molecule has 0 aliphatic carbocycles. The van der Waals surface area contributed by atoms with Crippen LogP contribution in [0.3, 0.4) is 0 Å². The van der Waals surface area contributed by atoms with Gasteiger partial charge >= 0.3 is 5.97 Å². The van der Waals surface area contributed by atoms with Gasteiger partial charge in [0.25, 0.3) is 62.4 Å². The van der Waals surface area contributed by atoms with Gasteiger partial charge in [0.05, 0.1) is 9.79 Å². The molecule has 540 valence electrons. The van der Waals surface area contributed by atoms with Crippen molar-refractivity contribution in [2.45, 2.75) is 182 Å². The van der Waals surface area contributed by atoms with Crippen LogP contribution in [0.15, 0.2) is 82.3 Å². The lowest BCUT2D eigenvalue weighted by atomic mass is 9.77. The molecule has 1 saturated heterocycles. The number of amides is 7. The van der Waals surface area contributed by atoms with Crippen LogP contribution in [0.25, 0.3) is 0 Å². The van der Waals surface area contributed by atoms with Crippen LogP contribution < -0.4 is 36.8 Å². The van der Waals surface area contributed by atoms with Gasteiger partial charge in [0.2, 0.25) is 29.5 Å². The zero-order chi connectivity index (χ0) is 72.2. The second-order valence-electron chi connectivity index (χ2n) is 24.6. The van der Waals surface area contributed by atoms with E-state index >= 15 is 0 Å². The van der Waals surface area contributed by atoms with Gasteiger partial charge in [0.1, 0.15) is 35.4 Å². The molecule has 11 N–H and O–H groups in total. The molecule has 97 heavy (non-hydrogen) atoms. The molecule has 3 aliphatic heterocycles. The molecule has 0 saturated carbocycles. The van der Waals surface area contributed by atoms with Crippen molar-refractivity contribution < 1.29 is 108 Å². The normalized spacial score (nSPS) is 23.4. The molecule has 37 heteroatoms. The lowest BCUT2D eigenvalue weighted by Crippen LogP contribution is -2.60. The fraction of sp³-hybridized carbons (Fsp3) is 0.567. The quantitative estimate of drug-likeness (QED) is 0.0692. The van der Waals surface area contributed by atoms with E-state index in [0.29, 0.717) is 91.2 Å². The molecule has 3 aliphatic rings. The summed E-state index contributed by atoms with van der Waals surface area (Å²) in [4.78, 5) is 110. The van der Waals surface area contributed by atoms with Crippen molar-refractivity contribution in [3.63, 3.8) is 0 Å². The zero-order valence-corrected chi connectivity index (χ0v) is 58.0. The summed E-state index contributed by atoms with van der Waals surface area (Å²) in [5.41, 5.74) is 0.996. The number of imide groups is 1. The molecule has 7 amide bonds. The number of carbonyl (C=O) groups is 8. The topological polar surface area (TPSA) is 496 Å². The van der Waals surface area contributed by atoms with Crippen LogP contribution in [0.4, 0.5) is 11.4 Å². The number of nitrogens with zero attached hydrogens (tertiary/aromatic N) is 2. The summed E-state index contributed by atoms with van der Waals surface area (Å²) in [7, 11) is -24.9. The highest BCUT2D eigenvalue weighted by atomic mass is 32.2. The Morgan fingerprint density at radius 2 is 1.04 bits per heavy atom. The standard InChI is InChI=1S/C60H86N8O24S5/c1-59(2)30-14-5-4-10-20-50-60(3,44-37-42(97(89,90)91)25-27-49(44)67(50)35-19-8-13-23-55(73)92-68-53(71)28-29-54(68)72)31-15-6-11-22-52(70)64-47(39-94(80,81)82)57(75)66-48(40-95(83,84)85)58(76)65-46(38-93(77,78)79)56(74)63-34-18-9-17-33-62-51(69)21-12-7-16-32-61-45-26-24-41(36-43(45)59)96(86,87)88/h4-5,10,14,20,24-27,36-37,46-48,61H,6-9,11-13,15-19,21-23,28-35,38-40H2,1-3H3,(H,62,69)(H,63,74)(H,64,70)(H,65,76)(H,66,75)(H,77,78,79)(H,80,81,82)(H,83,84,85)(H,86,87,88)(H,89,90,91)/b10-4+,14-5+,50-20-. The second kappa shape index (κ2) is 35.5. The molecule has 2 aromatic carbocycles.